The lowest BCUT2D eigenvalue weighted by Gasteiger charge is -2.34. The van der Waals surface area contributed by atoms with Crippen molar-refractivity contribution in [3.8, 4) is 5.75 Å². The minimum absolute atomic E-state index is 0.148. The average Bonchev–Trinajstić information content (AvgIpc) is 2.68. The Balaban J connectivity index is 1.63. The van der Waals surface area contributed by atoms with Crippen LogP contribution in [0.3, 0.4) is 0 Å². The second kappa shape index (κ2) is 8.42. The molecule has 1 aliphatic rings. The molecule has 1 aliphatic carbocycles. The zero-order valence-corrected chi connectivity index (χ0v) is 16.2. The zero-order chi connectivity index (χ0) is 19.4. The number of nitrogens with one attached hydrogen (secondary N) is 1. The van der Waals surface area contributed by atoms with Crippen molar-refractivity contribution >= 4 is 22.6 Å². The third-order valence-corrected chi connectivity index (χ3v) is 5.68. The Kier molecular flexibility index (Phi) is 5.99. The zero-order valence-electron chi connectivity index (χ0n) is 16.2. The van der Waals surface area contributed by atoms with Gasteiger partial charge in [-0.1, -0.05) is 51.0 Å². The molecule has 0 aliphatic heterocycles. The van der Waals surface area contributed by atoms with Gasteiger partial charge in [-0.25, -0.2) is 4.79 Å². The fourth-order valence-corrected chi connectivity index (χ4v) is 3.79. The number of hydrogen-bond acceptors (Lipinski definition) is 4. The van der Waals surface area contributed by atoms with Gasteiger partial charge in [0.2, 0.25) is 0 Å². The van der Waals surface area contributed by atoms with E-state index in [1.165, 1.54) is 13.5 Å². The van der Waals surface area contributed by atoms with E-state index in [-0.39, 0.29) is 18.6 Å². The van der Waals surface area contributed by atoms with Gasteiger partial charge in [0.05, 0.1) is 7.11 Å². The molecule has 0 aromatic heterocycles. The highest BCUT2D eigenvalue weighted by Crippen LogP contribution is 2.29. The number of carbonyl (C=O) groups excluding carboxylic acids is 2. The second-order valence-corrected chi connectivity index (χ2v) is 7.42. The van der Waals surface area contributed by atoms with Crippen molar-refractivity contribution in [1.29, 1.82) is 0 Å². The van der Waals surface area contributed by atoms with E-state index in [2.05, 4.69) is 19.2 Å². The first-order chi connectivity index (χ1) is 13.0. The number of methoxy groups -OCH3 is 1. The number of esters is 1. The summed E-state index contributed by atoms with van der Waals surface area (Å²) in [7, 11) is 1.51. The number of amides is 1. The van der Waals surface area contributed by atoms with E-state index in [1.807, 2.05) is 24.3 Å². The van der Waals surface area contributed by atoms with E-state index in [4.69, 9.17) is 9.47 Å². The van der Waals surface area contributed by atoms with Crippen LogP contribution >= 0.6 is 0 Å². The van der Waals surface area contributed by atoms with E-state index in [9.17, 15) is 9.59 Å². The molecular weight excluding hydrogens is 342 g/mol. The Morgan fingerprint density at radius 2 is 1.81 bits per heavy atom. The Morgan fingerprint density at radius 3 is 2.52 bits per heavy atom. The smallest absolute Gasteiger partial charge is 0.342 e. The monoisotopic (exact) mass is 369 g/mol. The van der Waals surface area contributed by atoms with Gasteiger partial charge in [0, 0.05) is 6.04 Å². The highest BCUT2D eigenvalue weighted by molar-refractivity contribution is 5.99. The van der Waals surface area contributed by atoms with Crippen molar-refractivity contribution in [3.63, 3.8) is 0 Å². The molecule has 0 unspecified atom stereocenters. The summed E-state index contributed by atoms with van der Waals surface area (Å²) in [5.74, 6) is 0.646. The quantitative estimate of drug-likeness (QED) is 0.811. The Labute approximate surface area is 160 Å². The average molecular weight is 369 g/mol. The number of fused-ring (bicyclic) bond motifs is 1. The normalized spacial score (nSPS) is 22.3. The molecule has 1 fully saturated rings. The van der Waals surface area contributed by atoms with Gasteiger partial charge in [0.25, 0.3) is 5.91 Å². The third kappa shape index (κ3) is 4.41. The van der Waals surface area contributed by atoms with E-state index in [0.717, 1.165) is 23.6 Å². The molecule has 0 radical (unpaired) electrons. The van der Waals surface area contributed by atoms with Crippen LogP contribution in [0, 0.1) is 11.8 Å². The van der Waals surface area contributed by atoms with E-state index < -0.39 is 5.97 Å². The fourth-order valence-electron chi connectivity index (χ4n) is 3.79. The van der Waals surface area contributed by atoms with E-state index >= 15 is 0 Å². The lowest BCUT2D eigenvalue weighted by Crippen LogP contribution is -2.45. The van der Waals surface area contributed by atoms with Crippen molar-refractivity contribution in [1.82, 2.24) is 5.32 Å². The molecule has 0 spiro atoms. The topological polar surface area (TPSA) is 64.6 Å². The van der Waals surface area contributed by atoms with Gasteiger partial charge >= 0.3 is 5.97 Å². The number of ether oxygens (including phenoxy) is 2. The van der Waals surface area contributed by atoms with Crippen LogP contribution in [-0.2, 0) is 9.53 Å². The van der Waals surface area contributed by atoms with Gasteiger partial charge in [-0.2, -0.15) is 0 Å². The lowest BCUT2D eigenvalue weighted by atomic mass is 9.78. The molecule has 2 aromatic carbocycles. The summed E-state index contributed by atoms with van der Waals surface area (Å²) in [6.07, 6.45) is 3.29. The van der Waals surface area contributed by atoms with Crippen LogP contribution in [0.15, 0.2) is 36.4 Å². The molecule has 1 saturated carbocycles. The molecule has 0 saturated heterocycles. The van der Waals surface area contributed by atoms with Gasteiger partial charge in [0.1, 0.15) is 11.3 Å². The molecule has 5 nitrogen and oxygen atoms in total. The molecule has 0 heterocycles. The first-order valence-corrected chi connectivity index (χ1v) is 9.53. The van der Waals surface area contributed by atoms with E-state index in [0.29, 0.717) is 23.1 Å². The third-order valence-electron chi connectivity index (χ3n) is 5.68. The number of carbonyl (C=O) groups is 2. The molecule has 3 rings (SSSR count). The van der Waals surface area contributed by atoms with Crippen molar-refractivity contribution in [2.75, 3.05) is 13.7 Å². The SMILES string of the molecule is COc1cc2ccccc2cc1C(=O)OCC(=O)N[C@@H]1CCC[C@H](C)[C@@H]1C. The molecular formula is C22H27NO4. The summed E-state index contributed by atoms with van der Waals surface area (Å²) in [4.78, 5) is 24.7. The molecule has 2 aromatic rings. The summed E-state index contributed by atoms with van der Waals surface area (Å²) in [5, 5.41) is 4.91. The summed E-state index contributed by atoms with van der Waals surface area (Å²) in [5.41, 5.74) is 0.323. The predicted octanol–water partition coefficient (Wildman–Crippen LogP) is 3.95. The highest BCUT2D eigenvalue weighted by Gasteiger charge is 2.28. The van der Waals surface area contributed by atoms with Crippen molar-refractivity contribution < 1.29 is 19.1 Å². The molecule has 1 amide bonds. The van der Waals surface area contributed by atoms with Crippen molar-refractivity contribution in [2.24, 2.45) is 11.8 Å². The van der Waals surface area contributed by atoms with Gasteiger partial charge < -0.3 is 14.8 Å². The second-order valence-electron chi connectivity index (χ2n) is 7.42. The number of benzene rings is 2. The van der Waals surface area contributed by atoms with Gasteiger partial charge in [-0.15, -0.1) is 0 Å². The van der Waals surface area contributed by atoms with Crippen LogP contribution < -0.4 is 10.1 Å². The van der Waals surface area contributed by atoms with Crippen LogP contribution in [-0.4, -0.2) is 31.6 Å². The minimum Gasteiger partial charge on any atom is -0.496 e. The summed E-state index contributed by atoms with van der Waals surface area (Å²) in [6.45, 7) is 4.10. The van der Waals surface area contributed by atoms with Crippen molar-refractivity contribution in [2.45, 2.75) is 39.2 Å². The van der Waals surface area contributed by atoms with Crippen LogP contribution in [0.1, 0.15) is 43.5 Å². The lowest BCUT2D eigenvalue weighted by molar-refractivity contribution is -0.125. The molecule has 0 bridgehead atoms. The number of rotatable bonds is 5. The van der Waals surface area contributed by atoms with Crippen LogP contribution in [0.4, 0.5) is 0 Å². The van der Waals surface area contributed by atoms with E-state index in [1.54, 1.807) is 12.1 Å². The highest BCUT2D eigenvalue weighted by atomic mass is 16.5. The maximum atomic E-state index is 12.5. The van der Waals surface area contributed by atoms with Crippen LogP contribution in [0.5, 0.6) is 5.75 Å². The van der Waals surface area contributed by atoms with Gasteiger partial charge in [-0.3, -0.25) is 4.79 Å². The van der Waals surface area contributed by atoms with Crippen molar-refractivity contribution in [3.05, 3.63) is 42.0 Å². The molecule has 5 heteroatoms. The summed E-state index contributed by atoms with van der Waals surface area (Å²) >= 11 is 0. The van der Waals surface area contributed by atoms with Gasteiger partial charge in [0.15, 0.2) is 6.61 Å². The fraction of sp³-hybridized carbons (Fsp3) is 0.455. The maximum absolute atomic E-state index is 12.5. The maximum Gasteiger partial charge on any atom is 0.342 e. The molecule has 144 valence electrons. The molecule has 3 atom stereocenters. The minimum atomic E-state index is -0.558. The van der Waals surface area contributed by atoms with Gasteiger partial charge in [-0.05, 0) is 41.2 Å². The first-order valence-electron chi connectivity index (χ1n) is 9.53. The molecule has 1 N–H and O–H groups in total. The first kappa shape index (κ1) is 19.2. The largest absolute Gasteiger partial charge is 0.496 e. The molecule has 27 heavy (non-hydrogen) atoms. The predicted molar refractivity (Wildman–Crippen MR) is 105 cm³/mol. The standard InChI is InChI=1S/C22H27NO4/c1-14-7-6-10-19(15(14)2)23-21(24)13-27-22(25)18-11-16-8-4-5-9-17(16)12-20(18)26-3/h4-5,8-9,11-12,14-15,19H,6-7,10,13H2,1-3H3,(H,23,24)/t14-,15-,19+/m0/s1. The summed E-state index contributed by atoms with van der Waals surface area (Å²) < 4.78 is 10.6. The Hall–Kier alpha value is -2.56. The Morgan fingerprint density at radius 1 is 1.11 bits per heavy atom. The summed E-state index contributed by atoms with van der Waals surface area (Å²) in [6, 6.07) is 11.4. The van der Waals surface area contributed by atoms with Crippen LogP contribution in [0.2, 0.25) is 0 Å². The number of hydrogen-bond donors (Lipinski definition) is 1. The van der Waals surface area contributed by atoms with Crippen LogP contribution in [0.25, 0.3) is 10.8 Å². The Bertz CT molecular complexity index is 832.